The van der Waals surface area contributed by atoms with Gasteiger partial charge in [-0.25, -0.2) is 0 Å². The molecule has 2 rings (SSSR count). The highest BCUT2D eigenvalue weighted by atomic mass is 16.5. The number of carbonyl (C=O) groups excluding carboxylic acids is 1. The van der Waals surface area contributed by atoms with Gasteiger partial charge in [-0.15, -0.1) is 0 Å². The molecule has 4 nitrogen and oxygen atoms in total. The number of nitrogens with zero attached hydrogens (tertiary/aromatic N) is 1. The van der Waals surface area contributed by atoms with Gasteiger partial charge in [0, 0.05) is 26.0 Å². The van der Waals surface area contributed by atoms with Gasteiger partial charge in [0.25, 0.3) is 5.91 Å². The number of aromatic nitrogens is 1. The number of carbonyl (C=O) groups is 1. The van der Waals surface area contributed by atoms with E-state index in [2.05, 4.69) is 10.3 Å². The Hall–Kier alpha value is -2.20. The van der Waals surface area contributed by atoms with E-state index in [1.807, 2.05) is 30.3 Å². The Labute approximate surface area is 112 Å². The molecule has 1 aromatic carbocycles. The van der Waals surface area contributed by atoms with E-state index in [1.165, 1.54) is 0 Å². The average molecular weight is 256 g/mol. The van der Waals surface area contributed by atoms with Gasteiger partial charge in [0.2, 0.25) is 0 Å². The van der Waals surface area contributed by atoms with Crippen LogP contribution in [-0.4, -0.2) is 24.5 Å². The van der Waals surface area contributed by atoms with Crippen molar-refractivity contribution in [2.45, 2.75) is 6.10 Å². The second-order valence-corrected chi connectivity index (χ2v) is 4.09. The summed E-state index contributed by atoms with van der Waals surface area (Å²) < 4.78 is 5.39. The zero-order valence-electron chi connectivity index (χ0n) is 10.7. The first-order chi connectivity index (χ1) is 9.31. The Bertz CT molecular complexity index is 514. The van der Waals surface area contributed by atoms with E-state index in [9.17, 15) is 4.79 Å². The molecule has 0 saturated heterocycles. The number of hydrogen-bond acceptors (Lipinski definition) is 3. The molecule has 19 heavy (non-hydrogen) atoms. The molecule has 0 aliphatic rings. The van der Waals surface area contributed by atoms with Crippen LogP contribution in [-0.2, 0) is 4.74 Å². The number of hydrogen-bond donors (Lipinski definition) is 1. The third kappa shape index (κ3) is 3.63. The number of ether oxygens (including phenoxy) is 1. The molecule has 1 amide bonds. The predicted octanol–water partition coefficient (Wildman–Crippen LogP) is 2.20. The molecule has 0 saturated carbocycles. The van der Waals surface area contributed by atoms with Crippen LogP contribution in [0.1, 0.15) is 22.0 Å². The zero-order chi connectivity index (χ0) is 13.5. The lowest BCUT2D eigenvalue weighted by Gasteiger charge is -2.16. The SMILES string of the molecule is CO[C@@H](CNC(=O)c1cccnc1)c1ccccc1. The summed E-state index contributed by atoms with van der Waals surface area (Å²) in [4.78, 5) is 15.8. The molecule has 0 bridgehead atoms. The third-order valence-corrected chi connectivity index (χ3v) is 2.83. The highest BCUT2D eigenvalue weighted by Gasteiger charge is 2.12. The van der Waals surface area contributed by atoms with Crippen molar-refractivity contribution in [2.75, 3.05) is 13.7 Å². The average Bonchev–Trinajstić information content (AvgIpc) is 2.49. The number of methoxy groups -OCH3 is 1. The summed E-state index contributed by atoms with van der Waals surface area (Å²) >= 11 is 0. The minimum atomic E-state index is -0.151. The maximum atomic E-state index is 11.9. The summed E-state index contributed by atoms with van der Waals surface area (Å²) in [5, 5.41) is 2.84. The van der Waals surface area contributed by atoms with Gasteiger partial charge in [-0.2, -0.15) is 0 Å². The number of benzene rings is 1. The molecule has 0 fully saturated rings. The molecule has 0 spiro atoms. The summed E-state index contributed by atoms with van der Waals surface area (Å²) in [6.45, 7) is 0.425. The van der Waals surface area contributed by atoms with Crippen LogP contribution in [0.15, 0.2) is 54.9 Å². The number of pyridine rings is 1. The molecule has 2 aromatic rings. The second-order valence-electron chi connectivity index (χ2n) is 4.09. The molecule has 4 heteroatoms. The van der Waals surface area contributed by atoms with E-state index >= 15 is 0 Å². The standard InChI is InChI=1S/C15H16N2O2/c1-19-14(12-6-3-2-4-7-12)11-17-15(18)13-8-5-9-16-10-13/h2-10,14H,11H2,1H3,(H,17,18)/t14-/m0/s1. The van der Waals surface area contributed by atoms with Gasteiger partial charge in [-0.3, -0.25) is 9.78 Å². The van der Waals surface area contributed by atoms with Gasteiger partial charge in [0.05, 0.1) is 11.7 Å². The summed E-state index contributed by atoms with van der Waals surface area (Å²) in [6.07, 6.45) is 3.03. The molecule has 98 valence electrons. The highest BCUT2D eigenvalue weighted by molar-refractivity contribution is 5.93. The Morgan fingerprint density at radius 2 is 2.05 bits per heavy atom. The number of rotatable bonds is 5. The molecule has 1 N–H and O–H groups in total. The van der Waals surface area contributed by atoms with Crippen molar-refractivity contribution in [3.8, 4) is 0 Å². The first-order valence-electron chi connectivity index (χ1n) is 6.07. The van der Waals surface area contributed by atoms with E-state index in [-0.39, 0.29) is 12.0 Å². The molecular weight excluding hydrogens is 240 g/mol. The van der Waals surface area contributed by atoms with E-state index in [1.54, 1.807) is 31.6 Å². The van der Waals surface area contributed by atoms with Crippen LogP contribution in [0, 0.1) is 0 Å². The second kappa shape index (κ2) is 6.66. The van der Waals surface area contributed by atoms with Crippen LogP contribution >= 0.6 is 0 Å². The van der Waals surface area contributed by atoms with Gasteiger partial charge in [0.1, 0.15) is 0 Å². The van der Waals surface area contributed by atoms with E-state index < -0.39 is 0 Å². The van der Waals surface area contributed by atoms with Gasteiger partial charge in [0.15, 0.2) is 0 Å². The van der Waals surface area contributed by atoms with Crippen molar-refractivity contribution in [1.29, 1.82) is 0 Å². The van der Waals surface area contributed by atoms with Crippen molar-refractivity contribution in [3.63, 3.8) is 0 Å². The summed E-state index contributed by atoms with van der Waals surface area (Å²) in [5.41, 5.74) is 1.59. The monoisotopic (exact) mass is 256 g/mol. The first-order valence-corrected chi connectivity index (χ1v) is 6.07. The normalized spacial score (nSPS) is 11.8. The Kier molecular flexibility index (Phi) is 4.64. The molecule has 0 aliphatic heterocycles. The van der Waals surface area contributed by atoms with Crippen molar-refractivity contribution < 1.29 is 9.53 Å². The van der Waals surface area contributed by atoms with E-state index in [0.717, 1.165) is 5.56 Å². The van der Waals surface area contributed by atoms with Crippen molar-refractivity contribution in [1.82, 2.24) is 10.3 Å². The quantitative estimate of drug-likeness (QED) is 0.892. The lowest BCUT2D eigenvalue weighted by Crippen LogP contribution is -2.29. The van der Waals surface area contributed by atoms with E-state index in [4.69, 9.17) is 4.74 Å². The Morgan fingerprint density at radius 1 is 1.26 bits per heavy atom. The lowest BCUT2D eigenvalue weighted by molar-refractivity contribution is 0.0827. The molecule has 1 atom stereocenters. The molecule has 0 radical (unpaired) electrons. The fraction of sp³-hybridized carbons (Fsp3) is 0.200. The van der Waals surface area contributed by atoms with Gasteiger partial charge in [-0.1, -0.05) is 30.3 Å². The third-order valence-electron chi connectivity index (χ3n) is 2.83. The van der Waals surface area contributed by atoms with Gasteiger partial charge in [-0.05, 0) is 17.7 Å². The minimum Gasteiger partial charge on any atom is -0.375 e. The Balaban J connectivity index is 1.96. The van der Waals surface area contributed by atoms with Crippen molar-refractivity contribution in [3.05, 3.63) is 66.0 Å². The highest BCUT2D eigenvalue weighted by Crippen LogP contribution is 2.14. The fourth-order valence-electron chi connectivity index (χ4n) is 1.79. The summed E-state index contributed by atoms with van der Waals surface area (Å²) in [6, 6.07) is 13.3. The van der Waals surface area contributed by atoms with Crippen LogP contribution in [0.3, 0.4) is 0 Å². The van der Waals surface area contributed by atoms with Crippen molar-refractivity contribution in [2.24, 2.45) is 0 Å². The molecule has 1 heterocycles. The maximum absolute atomic E-state index is 11.9. The predicted molar refractivity (Wildman–Crippen MR) is 72.8 cm³/mol. The van der Waals surface area contributed by atoms with Crippen LogP contribution in [0.25, 0.3) is 0 Å². The molecule has 1 aromatic heterocycles. The molecule has 0 unspecified atom stereocenters. The number of amides is 1. The van der Waals surface area contributed by atoms with E-state index in [0.29, 0.717) is 12.1 Å². The van der Waals surface area contributed by atoms with Crippen molar-refractivity contribution >= 4 is 5.91 Å². The van der Waals surface area contributed by atoms with Gasteiger partial charge >= 0.3 is 0 Å². The smallest absolute Gasteiger partial charge is 0.252 e. The molecule has 0 aliphatic carbocycles. The minimum absolute atomic E-state index is 0.147. The topological polar surface area (TPSA) is 51.2 Å². The zero-order valence-corrected chi connectivity index (χ0v) is 10.7. The largest absolute Gasteiger partial charge is 0.375 e. The summed E-state index contributed by atoms with van der Waals surface area (Å²) in [5.74, 6) is -0.147. The Morgan fingerprint density at radius 3 is 2.68 bits per heavy atom. The lowest BCUT2D eigenvalue weighted by atomic mass is 10.1. The summed E-state index contributed by atoms with van der Waals surface area (Å²) in [7, 11) is 1.63. The van der Waals surface area contributed by atoms with Crippen LogP contribution in [0.2, 0.25) is 0 Å². The van der Waals surface area contributed by atoms with Gasteiger partial charge < -0.3 is 10.1 Å². The maximum Gasteiger partial charge on any atom is 0.252 e. The van der Waals surface area contributed by atoms with Crippen LogP contribution in [0.4, 0.5) is 0 Å². The van der Waals surface area contributed by atoms with Crippen LogP contribution in [0.5, 0.6) is 0 Å². The molecular formula is C15H16N2O2. The van der Waals surface area contributed by atoms with Crippen LogP contribution < -0.4 is 5.32 Å². The fourth-order valence-corrected chi connectivity index (χ4v) is 1.79. The first kappa shape index (κ1) is 13.2. The number of nitrogens with one attached hydrogen (secondary N) is 1.